The van der Waals surface area contributed by atoms with Crippen molar-refractivity contribution in [1.29, 1.82) is 0 Å². The summed E-state index contributed by atoms with van der Waals surface area (Å²) in [5, 5.41) is 19.9. The van der Waals surface area contributed by atoms with Crippen molar-refractivity contribution >= 4 is 39.8 Å². The predicted octanol–water partition coefficient (Wildman–Crippen LogP) is 7.91. The molecule has 0 atom stereocenters. The molecule has 0 bridgehead atoms. The average Bonchev–Trinajstić information content (AvgIpc) is 3.40. The fourth-order valence-electron chi connectivity index (χ4n) is 4.47. The van der Waals surface area contributed by atoms with Crippen LogP contribution in [0, 0.1) is 0 Å². The van der Waals surface area contributed by atoms with Gasteiger partial charge >= 0.3 is 0 Å². The SMILES string of the molecule is Oc1cc(O)cc(-c2ccc(-c3ccc(N(c4ccccc4)c4ccccc4)cc3)c3nsnc23)c1. The number of aromatic nitrogens is 2. The number of aromatic hydroxyl groups is 2. The van der Waals surface area contributed by atoms with E-state index < -0.39 is 0 Å². The maximum absolute atomic E-state index is 9.95. The van der Waals surface area contributed by atoms with Crippen LogP contribution in [0.2, 0.25) is 0 Å². The molecule has 5 nitrogen and oxygen atoms in total. The van der Waals surface area contributed by atoms with E-state index in [0.29, 0.717) is 5.56 Å². The summed E-state index contributed by atoms with van der Waals surface area (Å²) in [6.45, 7) is 0. The maximum Gasteiger partial charge on any atom is 0.119 e. The first-order chi connectivity index (χ1) is 17.7. The molecule has 1 aromatic heterocycles. The van der Waals surface area contributed by atoms with Gasteiger partial charge in [-0.15, -0.1) is 0 Å². The van der Waals surface area contributed by atoms with E-state index in [2.05, 4.69) is 62.2 Å². The standard InChI is InChI=1S/C30H21N3O2S/c34-25-17-21(18-26(35)19-25)28-16-15-27(29-30(28)32-36-31-29)20-11-13-24(14-12-20)33(22-7-3-1-4-8-22)23-9-5-2-6-10-23/h1-19,34-35H. The van der Waals surface area contributed by atoms with Crippen molar-refractivity contribution in [2.45, 2.75) is 0 Å². The Morgan fingerprint density at radius 2 is 0.972 bits per heavy atom. The molecule has 0 radical (unpaired) electrons. The lowest BCUT2D eigenvalue weighted by Gasteiger charge is -2.25. The van der Waals surface area contributed by atoms with Crippen molar-refractivity contribution in [1.82, 2.24) is 8.75 Å². The molecule has 36 heavy (non-hydrogen) atoms. The molecular formula is C30H21N3O2S. The minimum Gasteiger partial charge on any atom is -0.508 e. The zero-order valence-corrected chi connectivity index (χ0v) is 19.9. The molecule has 0 aliphatic rings. The third-order valence-corrected chi connectivity index (χ3v) is 6.62. The van der Waals surface area contributed by atoms with E-state index in [-0.39, 0.29) is 11.5 Å². The number of rotatable bonds is 5. The van der Waals surface area contributed by atoms with Crippen LogP contribution in [0.25, 0.3) is 33.3 Å². The molecule has 6 heteroatoms. The highest BCUT2D eigenvalue weighted by molar-refractivity contribution is 7.00. The zero-order valence-electron chi connectivity index (χ0n) is 19.1. The lowest BCUT2D eigenvalue weighted by Crippen LogP contribution is -2.09. The number of nitrogens with zero attached hydrogens (tertiary/aromatic N) is 3. The van der Waals surface area contributed by atoms with Crippen molar-refractivity contribution in [2.24, 2.45) is 0 Å². The van der Waals surface area contributed by atoms with Crippen molar-refractivity contribution in [3.05, 3.63) is 115 Å². The summed E-state index contributed by atoms with van der Waals surface area (Å²) in [5.41, 5.74) is 8.25. The van der Waals surface area contributed by atoms with Gasteiger partial charge in [-0.1, -0.05) is 60.7 Å². The third kappa shape index (κ3) is 4.04. The summed E-state index contributed by atoms with van der Waals surface area (Å²) in [6, 6.07) is 37.5. The molecule has 0 aliphatic carbocycles. The summed E-state index contributed by atoms with van der Waals surface area (Å²) in [6.07, 6.45) is 0. The molecule has 0 unspecified atom stereocenters. The van der Waals surface area contributed by atoms with Gasteiger partial charge in [-0.25, -0.2) is 0 Å². The molecule has 6 aromatic rings. The van der Waals surface area contributed by atoms with Gasteiger partial charge in [0.1, 0.15) is 22.5 Å². The van der Waals surface area contributed by atoms with Crippen LogP contribution < -0.4 is 4.90 Å². The molecule has 174 valence electrons. The summed E-state index contributed by atoms with van der Waals surface area (Å²) in [7, 11) is 0. The van der Waals surface area contributed by atoms with Gasteiger partial charge in [0, 0.05) is 34.3 Å². The van der Waals surface area contributed by atoms with Crippen LogP contribution in [0.15, 0.2) is 115 Å². The topological polar surface area (TPSA) is 69.5 Å². The smallest absolute Gasteiger partial charge is 0.119 e. The minimum absolute atomic E-state index is 0.00221. The van der Waals surface area contributed by atoms with Crippen LogP contribution in [0.3, 0.4) is 0 Å². The van der Waals surface area contributed by atoms with Crippen LogP contribution >= 0.6 is 11.7 Å². The number of phenols is 2. The van der Waals surface area contributed by atoms with E-state index in [1.165, 1.54) is 6.07 Å². The Labute approximate surface area is 212 Å². The van der Waals surface area contributed by atoms with E-state index in [4.69, 9.17) is 0 Å². The second-order valence-corrected chi connectivity index (χ2v) is 8.94. The van der Waals surface area contributed by atoms with E-state index >= 15 is 0 Å². The van der Waals surface area contributed by atoms with E-state index in [1.54, 1.807) is 12.1 Å². The first-order valence-electron chi connectivity index (χ1n) is 11.5. The van der Waals surface area contributed by atoms with Gasteiger partial charge < -0.3 is 15.1 Å². The number of phenolic OH excluding ortho intramolecular Hbond substituents is 2. The molecule has 0 saturated carbocycles. The van der Waals surface area contributed by atoms with Crippen molar-refractivity contribution in [3.63, 3.8) is 0 Å². The Kier molecular flexibility index (Phi) is 5.56. The van der Waals surface area contributed by atoms with Crippen LogP contribution in [0.4, 0.5) is 17.1 Å². The van der Waals surface area contributed by atoms with E-state index in [0.717, 1.165) is 56.5 Å². The van der Waals surface area contributed by atoms with Gasteiger partial charge in [0.2, 0.25) is 0 Å². The lowest BCUT2D eigenvalue weighted by atomic mass is 9.97. The molecule has 2 N–H and O–H groups in total. The molecule has 0 spiro atoms. The summed E-state index contributed by atoms with van der Waals surface area (Å²) in [5.74, 6) is 0.00443. The molecule has 0 fully saturated rings. The Morgan fingerprint density at radius 1 is 0.500 bits per heavy atom. The Balaban J connectivity index is 1.41. The van der Waals surface area contributed by atoms with Gasteiger partial charge in [-0.2, -0.15) is 8.75 Å². The molecule has 0 aliphatic heterocycles. The van der Waals surface area contributed by atoms with E-state index in [1.807, 2.05) is 48.5 Å². The molecule has 5 aromatic carbocycles. The summed E-state index contributed by atoms with van der Waals surface area (Å²) < 4.78 is 9.10. The first kappa shape index (κ1) is 21.8. The highest BCUT2D eigenvalue weighted by Gasteiger charge is 2.16. The number of fused-ring (bicyclic) bond motifs is 1. The maximum atomic E-state index is 9.95. The second kappa shape index (κ2) is 9.17. The largest absolute Gasteiger partial charge is 0.508 e. The van der Waals surface area contributed by atoms with Crippen molar-refractivity contribution in [3.8, 4) is 33.8 Å². The number of anilines is 3. The zero-order chi connectivity index (χ0) is 24.5. The lowest BCUT2D eigenvalue weighted by molar-refractivity contribution is 0.451. The summed E-state index contributed by atoms with van der Waals surface area (Å²) >= 11 is 1.15. The van der Waals surface area contributed by atoms with Gasteiger partial charge in [0.05, 0.1) is 11.7 Å². The molecule has 6 rings (SSSR count). The Morgan fingerprint density at radius 3 is 1.50 bits per heavy atom. The minimum atomic E-state index is 0.00221. The fraction of sp³-hybridized carbons (Fsp3) is 0. The number of para-hydroxylation sites is 2. The van der Waals surface area contributed by atoms with Gasteiger partial charge in [-0.05, 0) is 59.7 Å². The number of hydrogen-bond acceptors (Lipinski definition) is 6. The molecule has 0 amide bonds. The second-order valence-electron chi connectivity index (χ2n) is 8.41. The van der Waals surface area contributed by atoms with Crippen LogP contribution in [-0.4, -0.2) is 19.0 Å². The monoisotopic (exact) mass is 487 g/mol. The summed E-state index contributed by atoms with van der Waals surface area (Å²) in [4.78, 5) is 2.22. The fourth-order valence-corrected chi connectivity index (χ4v) is 5.05. The molecule has 0 saturated heterocycles. The number of benzene rings is 5. The van der Waals surface area contributed by atoms with Gasteiger partial charge in [0.25, 0.3) is 0 Å². The highest BCUT2D eigenvalue weighted by Crippen LogP contribution is 2.39. The van der Waals surface area contributed by atoms with Crippen molar-refractivity contribution in [2.75, 3.05) is 4.90 Å². The Hall–Kier alpha value is -4.68. The van der Waals surface area contributed by atoms with Crippen LogP contribution in [0.5, 0.6) is 11.5 Å². The predicted molar refractivity (Wildman–Crippen MR) is 146 cm³/mol. The van der Waals surface area contributed by atoms with Gasteiger partial charge in [0.15, 0.2) is 0 Å². The quantitative estimate of drug-likeness (QED) is 0.259. The van der Waals surface area contributed by atoms with Crippen molar-refractivity contribution < 1.29 is 10.2 Å². The highest BCUT2D eigenvalue weighted by atomic mass is 32.1. The molecular weight excluding hydrogens is 466 g/mol. The van der Waals surface area contributed by atoms with Crippen LogP contribution in [0.1, 0.15) is 0 Å². The average molecular weight is 488 g/mol. The first-order valence-corrected chi connectivity index (χ1v) is 12.2. The molecule has 1 heterocycles. The number of hydrogen-bond donors (Lipinski definition) is 2. The third-order valence-electron chi connectivity index (χ3n) is 6.09. The Bertz CT molecular complexity index is 1590. The van der Waals surface area contributed by atoms with Gasteiger partial charge in [-0.3, -0.25) is 0 Å². The van der Waals surface area contributed by atoms with Crippen LogP contribution in [-0.2, 0) is 0 Å². The normalized spacial score (nSPS) is 11.0. The van der Waals surface area contributed by atoms with E-state index in [9.17, 15) is 10.2 Å².